The number of carbonyl (C=O) groups is 4. The predicted octanol–water partition coefficient (Wildman–Crippen LogP) is 4.87. The summed E-state index contributed by atoms with van der Waals surface area (Å²) in [7, 11) is 1.31. The summed E-state index contributed by atoms with van der Waals surface area (Å²) >= 11 is 4.01. The van der Waals surface area contributed by atoms with Crippen LogP contribution >= 0.6 is 34.4 Å². The number of amides is 3. The van der Waals surface area contributed by atoms with Gasteiger partial charge in [-0.3, -0.25) is 14.4 Å². The standard InChI is InChI=1S/C25H25N3O5S3/c1-14(35-17-7-4-6-16(12-17)26-23(31)19-8-5-11-34-19)22(30)27-24-21(25(32)33-3)18-9-10-28(15(2)29)13-20(18)36-24/h4-8,11-12,14H,9-10,13H2,1-3H3,(H,26,31)(H,27,30). The molecule has 0 saturated heterocycles. The van der Waals surface area contributed by atoms with Crippen molar-refractivity contribution in [2.75, 3.05) is 24.3 Å². The molecule has 2 aromatic heterocycles. The van der Waals surface area contributed by atoms with Crippen LogP contribution in [0.25, 0.3) is 0 Å². The normalized spacial score (nSPS) is 13.5. The molecule has 0 saturated carbocycles. The number of thioether (sulfide) groups is 1. The molecule has 3 aromatic rings. The van der Waals surface area contributed by atoms with Crippen molar-refractivity contribution in [3.8, 4) is 0 Å². The van der Waals surface area contributed by atoms with Crippen molar-refractivity contribution in [2.24, 2.45) is 0 Å². The monoisotopic (exact) mass is 543 g/mol. The lowest BCUT2D eigenvalue weighted by Crippen LogP contribution is -2.33. The van der Waals surface area contributed by atoms with Gasteiger partial charge in [-0.1, -0.05) is 12.1 Å². The number of hydrogen-bond acceptors (Lipinski definition) is 8. The van der Waals surface area contributed by atoms with Gasteiger partial charge in [0.15, 0.2) is 0 Å². The molecule has 3 amide bonds. The predicted molar refractivity (Wildman–Crippen MR) is 143 cm³/mol. The fraction of sp³-hybridized carbons (Fsp3) is 0.280. The molecule has 0 fully saturated rings. The topological polar surface area (TPSA) is 105 Å². The average Bonchev–Trinajstić information content (AvgIpc) is 3.51. The first-order valence-corrected chi connectivity index (χ1v) is 13.7. The van der Waals surface area contributed by atoms with Crippen LogP contribution in [0.1, 0.15) is 44.3 Å². The first-order chi connectivity index (χ1) is 17.3. The third-order valence-corrected chi connectivity index (χ3v) is 8.74. The molecule has 2 N–H and O–H groups in total. The lowest BCUT2D eigenvalue weighted by Gasteiger charge is -2.25. The number of thiophene rings is 2. The lowest BCUT2D eigenvalue weighted by molar-refractivity contribution is -0.129. The van der Waals surface area contributed by atoms with Crippen LogP contribution in [0.15, 0.2) is 46.7 Å². The maximum atomic E-state index is 13.1. The van der Waals surface area contributed by atoms with Crippen molar-refractivity contribution in [3.05, 3.63) is 62.7 Å². The van der Waals surface area contributed by atoms with Crippen LogP contribution in [0, 0.1) is 0 Å². The lowest BCUT2D eigenvalue weighted by atomic mass is 10.0. The Morgan fingerprint density at radius 3 is 2.64 bits per heavy atom. The van der Waals surface area contributed by atoms with Gasteiger partial charge < -0.3 is 20.3 Å². The smallest absolute Gasteiger partial charge is 0.341 e. The van der Waals surface area contributed by atoms with Crippen LogP contribution in [0.3, 0.4) is 0 Å². The number of hydrogen-bond donors (Lipinski definition) is 2. The van der Waals surface area contributed by atoms with E-state index in [2.05, 4.69) is 10.6 Å². The molecule has 1 unspecified atom stereocenters. The van der Waals surface area contributed by atoms with E-state index in [4.69, 9.17) is 4.74 Å². The van der Waals surface area contributed by atoms with E-state index >= 15 is 0 Å². The number of nitrogens with zero attached hydrogens (tertiary/aromatic N) is 1. The highest BCUT2D eigenvalue weighted by molar-refractivity contribution is 8.00. The number of benzene rings is 1. The van der Waals surface area contributed by atoms with Crippen LogP contribution in [0.5, 0.6) is 0 Å². The Morgan fingerprint density at radius 1 is 1.14 bits per heavy atom. The highest BCUT2D eigenvalue weighted by Crippen LogP contribution is 2.38. The molecule has 0 spiro atoms. The summed E-state index contributed by atoms with van der Waals surface area (Å²) in [6.07, 6.45) is 0.528. The van der Waals surface area contributed by atoms with Crippen LogP contribution < -0.4 is 10.6 Å². The quantitative estimate of drug-likeness (QED) is 0.325. The Hall–Kier alpha value is -3.15. The van der Waals surface area contributed by atoms with E-state index in [9.17, 15) is 19.2 Å². The fourth-order valence-corrected chi connectivity index (χ4v) is 6.60. The molecule has 1 atom stereocenters. The summed E-state index contributed by atoms with van der Waals surface area (Å²) in [4.78, 5) is 53.8. The van der Waals surface area contributed by atoms with Gasteiger partial charge in [0.25, 0.3) is 5.91 Å². The zero-order valence-electron chi connectivity index (χ0n) is 20.0. The van der Waals surface area contributed by atoms with Gasteiger partial charge in [-0.25, -0.2) is 4.79 Å². The second-order valence-corrected chi connectivity index (χ2v) is 11.6. The SMILES string of the molecule is COC(=O)c1c(NC(=O)C(C)Sc2cccc(NC(=O)c3cccs3)c2)sc2c1CCN(C(C)=O)C2. The molecular formula is C25H25N3O5S3. The highest BCUT2D eigenvalue weighted by atomic mass is 32.2. The Kier molecular flexibility index (Phi) is 8.12. The molecule has 36 heavy (non-hydrogen) atoms. The van der Waals surface area contributed by atoms with Gasteiger partial charge in [0.05, 0.1) is 29.3 Å². The number of methoxy groups -OCH3 is 1. The molecule has 1 aliphatic rings. The van der Waals surface area contributed by atoms with Gasteiger partial charge in [0, 0.05) is 28.9 Å². The number of nitrogens with one attached hydrogen (secondary N) is 2. The van der Waals surface area contributed by atoms with Crippen LogP contribution in [0.4, 0.5) is 10.7 Å². The van der Waals surface area contributed by atoms with Gasteiger partial charge in [-0.05, 0) is 48.6 Å². The summed E-state index contributed by atoms with van der Waals surface area (Å²) < 4.78 is 4.98. The van der Waals surface area contributed by atoms with E-state index in [1.54, 1.807) is 24.0 Å². The second-order valence-electron chi connectivity index (χ2n) is 8.10. The Bertz CT molecular complexity index is 1300. The van der Waals surface area contributed by atoms with E-state index in [1.807, 2.05) is 29.6 Å². The van der Waals surface area contributed by atoms with Crippen LogP contribution in [0.2, 0.25) is 0 Å². The maximum Gasteiger partial charge on any atom is 0.341 e. The number of rotatable bonds is 7. The summed E-state index contributed by atoms with van der Waals surface area (Å²) in [6, 6.07) is 10.9. The molecule has 3 heterocycles. The fourth-order valence-electron chi connectivity index (χ4n) is 3.80. The van der Waals surface area contributed by atoms with Crippen molar-refractivity contribution in [2.45, 2.75) is 37.0 Å². The molecule has 8 nitrogen and oxygen atoms in total. The molecular weight excluding hydrogens is 518 g/mol. The average molecular weight is 544 g/mol. The van der Waals surface area contributed by atoms with Gasteiger partial charge >= 0.3 is 5.97 Å². The Labute approximate surface area is 221 Å². The molecule has 0 aliphatic carbocycles. The number of anilines is 2. The van der Waals surface area contributed by atoms with Crippen molar-refractivity contribution in [3.63, 3.8) is 0 Å². The van der Waals surface area contributed by atoms with E-state index in [1.165, 1.54) is 48.5 Å². The molecule has 4 rings (SSSR count). The molecule has 1 aromatic carbocycles. The number of esters is 1. The van der Waals surface area contributed by atoms with Gasteiger partial charge in [0.2, 0.25) is 11.8 Å². The van der Waals surface area contributed by atoms with Gasteiger partial charge in [-0.15, -0.1) is 34.4 Å². The second kappa shape index (κ2) is 11.3. The van der Waals surface area contributed by atoms with Crippen molar-refractivity contribution in [1.29, 1.82) is 0 Å². The number of carbonyl (C=O) groups excluding carboxylic acids is 4. The molecule has 11 heteroatoms. The molecule has 0 bridgehead atoms. The zero-order valence-corrected chi connectivity index (χ0v) is 22.4. The molecule has 0 radical (unpaired) electrons. The zero-order chi connectivity index (χ0) is 25.8. The summed E-state index contributed by atoms with van der Waals surface area (Å²) in [5.41, 5.74) is 1.83. The van der Waals surface area contributed by atoms with Crippen molar-refractivity contribution < 1.29 is 23.9 Å². The van der Waals surface area contributed by atoms with E-state index in [0.29, 0.717) is 40.6 Å². The third-order valence-electron chi connectivity index (χ3n) is 5.65. The number of fused-ring (bicyclic) bond motifs is 1. The first-order valence-electron chi connectivity index (χ1n) is 11.2. The minimum absolute atomic E-state index is 0.0296. The first kappa shape index (κ1) is 25.9. The van der Waals surface area contributed by atoms with E-state index in [0.717, 1.165) is 15.3 Å². The number of ether oxygens (including phenoxy) is 1. The third kappa shape index (κ3) is 5.80. The molecule has 188 valence electrons. The molecule has 1 aliphatic heterocycles. The van der Waals surface area contributed by atoms with Gasteiger partial charge in [-0.2, -0.15) is 0 Å². The Balaban J connectivity index is 1.46. The summed E-state index contributed by atoms with van der Waals surface area (Å²) in [5.74, 6) is -0.981. The minimum Gasteiger partial charge on any atom is -0.465 e. The van der Waals surface area contributed by atoms with E-state index < -0.39 is 11.2 Å². The van der Waals surface area contributed by atoms with E-state index in [-0.39, 0.29) is 17.7 Å². The van der Waals surface area contributed by atoms with Crippen LogP contribution in [-0.4, -0.2) is 47.5 Å². The van der Waals surface area contributed by atoms with Crippen molar-refractivity contribution in [1.82, 2.24) is 4.90 Å². The van der Waals surface area contributed by atoms with Crippen molar-refractivity contribution >= 4 is 68.8 Å². The largest absolute Gasteiger partial charge is 0.465 e. The Morgan fingerprint density at radius 2 is 1.94 bits per heavy atom. The maximum absolute atomic E-state index is 13.1. The summed E-state index contributed by atoms with van der Waals surface area (Å²) in [6.45, 7) is 4.22. The minimum atomic E-state index is -0.506. The highest BCUT2D eigenvalue weighted by Gasteiger charge is 2.30. The van der Waals surface area contributed by atoms with Gasteiger partial charge in [0.1, 0.15) is 5.00 Å². The summed E-state index contributed by atoms with van der Waals surface area (Å²) in [5, 5.41) is 7.57. The van der Waals surface area contributed by atoms with Crippen LogP contribution in [-0.2, 0) is 27.3 Å².